The number of nitrogens with zero attached hydrogens (tertiary/aromatic N) is 2. The summed E-state index contributed by atoms with van der Waals surface area (Å²) in [4.78, 5) is 17.5. The minimum atomic E-state index is -0.0216. The van der Waals surface area contributed by atoms with Gasteiger partial charge in [0.15, 0.2) is 5.16 Å². The number of hydrogen-bond acceptors (Lipinski definition) is 3. The van der Waals surface area contributed by atoms with Crippen LogP contribution in [0.1, 0.15) is 5.56 Å². The second-order valence-electron chi connectivity index (χ2n) is 4.74. The highest BCUT2D eigenvalue weighted by Gasteiger charge is 2.12. The topological polar surface area (TPSA) is 34.9 Å². The molecule has 21 heavy (non-hydrogen) atoms. The van der Waals surface area contributed by atoms with E-state index in [1.807, 2.05) is 55.6 Å². The Balaban J connectivity index is 2.37. The molecule has 3 aromatic rings. The molecule has 0 aliphatic carbocycles. The first-order chi connectivity index (χ1) is 10.1. The lowest BCUT2D eigenvalue weighted by Gasteiger charge is -2.12. The average molecular weight is 408 g/mol. The van der Waals surface area contributed by atoms with Crippen LogP contribution in [0.5, 0.6) is 0 Å². The van der Waals surface area contributed by atoms with Crippen molar-refractivity contribution in [2.24, 2.45) is 0 Å². The van der Waals surface area contributed by atoms with E-state index in [0.717, 1.165) is 14.8 Å². The molecular formula is C16H13IN2OS. The number of aromatic nitrogens is 2. The van der Waals surface area contributed by atoms with Crippen molar-refractivity contribution in [3.05, 3.63) is 62.0 Å². The van der Waals surface area contributed by atoms with Gasteiger partial charge in [-0.3, -0.25) is 9.36 Å². The van der Waals surface area contributed by atoms with Crippen LogP contribution in [-0.4, -0.2) is 15.8 Å². The Morgan fingerprint density at radius 1 is 1.14 bits per heavy atom. The van der Waals surface area contributed by atoms with Crippen molar-refractivity contribution in [3.8, 4) is 5.69 Å². The smallest absolute Gasteiger partial charge is 0.266 e. The first kappa shape index (κ1) is 14.6. The number of benzene rings is 2. The molecule has 0 amide bonds. The third kappa shape index (κ3) is 2.72. The molecule has 106 valence electrons. The van der Waals surface area contributed by atoms with E-state index in [0.29, 0.717) is 10.5 Å². The van der Waals surface area contributed by atoms with Crippen molar-refractivity contribution in [2.75, 3.05) is 6.26 Å². The van der Waals surface area contributed by atoms with E-state index < -0.39 is 0 Å². The van der Waals surface area contributed by atoms with E-state index in [9.17, 15) is 4.79 Å². The molecule has 1 heterocycles. The SMILES string of the molecule is CSc1nc2ccc(I)cc2c(=O)n1-c1ccc(C)cc1. The third-order valence-corrected chi connectivity index (χ3v) is 4.58. The minimum Gasteiger partial charge on any atom is -0.268 e. The van der Waals surface area contributed by atoms with Gasteiger partial charge in [0.1, 0.15) is 0 Å². The maximum absolute atomic E-state index is 12.9. The van der Waals surface area contributed by atoms with Crippen LogP contribution >= 0.6 is 34.4 Å². The second kappa shape index (κ2) is 5.81. The van der Waals surface area contributed by atoms with Crippen LogP contribution in [0, 0.1) is 10.5 Å². The summed E-state index contributed by atoms with van der Waals surface area (Å²) < 4.78 is 2.72. The number of fused-ring (bicyclic) bond motifs is 1. The molecule has 0 radical (unpaired) electrons. The highest BCUT2D eigenvalue weighted by molar-refractivity contribution is 14.1. The maximum atomic E-state index is 12.9. The van der Waals surface area contributed by atoms with Gasteiger partial charge in [0.05, 0.1) is 16.6 Å². The van der Waals surface area contributed by atoms with Crippen molar-refractivity contribution in [1.82, 2.24) is 9.55 Å². The summed E-state index contributed by atoms with van der Waals surface area (Å²) >= 11 is 3.69. The van der Waals surface area contributed by atoms with E-state index in [4.69, 9.17) is 0 Å². The molecular weight excluding hydrogens is 395 g/mol. The Morgan fingerprint density at radius 2 is 1.86 bits per heavy atom. The Bertz CT molecular complexity index is 872. The molecule has 0 bridgehead atoms. The Hall–Kier alpha value is -1.34. The van der Waals surface area contributed by atoms with Gasteiger partial charge in [-0.2, -0.15) is 0 Å². The molecule has 0 unspecified atom stereocenters. The van der Waals surface area contributed by atoms with Crippen LogP contribution in [0.15, 0.2) is 52.4 Å². The molecule has 0 atom stereocenters. The molecule has 0 aliphatic rings. The van der Waals surface area contributed by atoms with Gasteiger partial charge in [-0.15, -0.1) is 0 Å². The molecule has 0 spiro atoms. The maximum Gasteiger partial charge on any atom is 0.266 e. The fraction of sp³-hybridized carbons (Fsp3) is 0.125. The molecule has 3 rings (SSSR count). The molecule has 0 aliphatic heterocycles. The fourth-order valence-corrected chi connectivity index (χ4v) is 3.25. The average Bonchev–Trinajstić information content (AvgIpc) is 2.49. The summed E-state index contributed by atoms with van der Waals surface area (Å²) in [6, 6.07) is 13.7. The zero-order valence-corrected chi connectivity index (χ0v) is 14.6. The van der Waals surface area contributed by atoms with Crippen molar-refractivity contribution < 1.29 is 0 Å². The third-order valence-electron chi connectivity index (χ3n) is 3.27. The lowest BCUT2D eigenvalue weighted by atomic mass is 10.2. The van der Waals surface area contributed by atoms with Crippen molar-refractivity contribution in [2.45, 2.75) is 12.1 Å². The molecule has 0 saturated heterocycles. The van der Waals surface area contributed by atoms with Crippen LogP contribution in [0.25, 0.3) is 16.6 Å². The molecule has 1 aromatic heterocycles. The normalized spacial score (nSPS) is 11.0. The lowest BCUT2D eigenvalue weighted by Crippen LogP contribution is -2.21. The number of rotatable bonds is 2. The van der Waals surface area contributed by atoms with Gasteiger partial charge in [0.2, 0.25) is 0 Å². The number of aryl methyl sites for hydroxylation is 1. The quantitative estimate of drug-likeness (QED) is 0.365. The summed E-state index contributed by atoms with van der Waals surface area (Å²) in [5.41, 5.74) is 2.74. The lowest BCUT2D eigenvalue weighted by molar-refractivity contribution is 0.821. The van der Waals surface area contributed by atoms with Gasteiger partial charge in [0, 0.05) is 3.57 Å². The number of hydrogen-bond donors (Lipinski definition) is 0. The van der Waals surface area contributed by atoms with Crippen molar-refractivity contribution in [3.63, 3.8) is 0 Å². The van der Waals surface area contributed by atoms with E-state index in [-0.39, 0.29) is 5.56 Å². The number of halogens is 1. The molecule has 0 fully saturated rings. The largest absolute Gasteiger partial charge is 0.268 e. The first-order valence-electron chi connectivity index (χ1n) is 6.43. The summed E-state index contributed by atoms with van der Waals surface area (Å²) in [6.07, 6.45) is 1.94. The first-order valence-corrected chi connectivity index (χ1v) is 8.74. The van der Waals surface area contributed by atoms with Gasteiger partial charge >= 0.3 is 0 Å². The molecule has 0 saturated carbocycles. The van der Waals surface area contributed by atoms with Crippen LogP contribution in [0.3, 0.4) is 0 Å². The van der Waals surface area contributed by atoms with Gasteiger partial charge in [-0.05, 0) is 66.1 Å². The molecule has 3 nitrogen and oxygen atoms in total. The van der Waals surface area contributed by atoms with Crippen LogP contribution in [-0.2, 0) is 0 Å². The van der Waals surface area contributed by atoms with Crippen LogP contribution in [0.4, 0.5) is 0 Å². The Labute approximate surface area is 140 Å². The van der Waals surface area contributed by atoms with E-state index in [1.54, 1.807) is 4.57 Å². The predicted octanol–water partition coefficient (Wildman–Crippen LogP) is 4.02. The Kier molecular flexibility index (Phi) is 4.03. The standard InChI is InChI=1S/C16H13IN2OS/c1-10-3-6-12(7-4-10)19-15(20)13-9-11(17)5-8-14(13)18-16(19)21-2/h3-9H,1-2H3. The Morgan fingerprint density at radius 3 is 2.52 bits per heavy atom. The van der Waals surface area contributed by atoms with Gasteiger partial charge < -0.3 is 0 Å². The van der Waals surface area contributed by atoms with Crippen LogP contribution in [0.2, 0.25) is 0 Å². The minimum absolute atomic E-state index is 0.0216. The van der Waals surface area contributed by atoms with E-state index >= 15 is 0 Å². The van der Waals surface area contributed by atoms with Crippen LogP contribution < -0.4 is 5.56 Å². The summed E-state index contributed by atoms with van der Waals surface area (Å²) in [5.74, 6) is 0. The van der Waals surface area contributed by atoms with E-state index in [1.165, 1.54) is 17.3 Å². The predicted molar refractivity (Wildman–Crippen MR) is 96.6 cm³/mol. The van der Waals surface area contributed by atoms with Gasteiger partial charge in [0.25, 0.3) is 5.56 Å². The van der Waals surface area contributed by atoms with Gasteiger partial charge in [-0.1, -0.05) is 29.5 Å². The van der Waals surface area contributed by atoms with E-state index in [2.05, 4.69) is 27.6 Å². The summed E-state index contributed by atoms with van der Waals surface area (Å²) in [5, 5.41) is 1.36. The highest BCUT2D eigenvalue weighted by Crippen LogP contribution is 2.20. The van der Waals surface area contributed by atoms with Crippen molar-refractivity contribution in [1.29, 1.82) is 0 Å². The zero-order chi connectivity index (χ0) is 15.0. The molecule has 0 N–H and O–H groups in total. The zero-order valence-electron chi connectivity index (χ0n) is 11.6. The molecule has 5 heteroatoms. The fourth-order valence-electron chi connectivity index (χ4n) is 2.20. The second-order valence-corrected chi connectivity index (χ2v) is 6.76. The summed E-state index contributed by atoms with van der Waals surface area (Å²) in [6.45, 7) is 2.03. The number of thioether (sulfide) groups is 1. The van der Waals surface area contributed by atoms with Gasteiger partial charge in [-0.25, -0.2) is 4.98 Å². The monoisotopic (exact) mass is 408 g/mol. The van der Waals surface area contributed by atoms with Crippen molar-refractivity contribution >= 4 is 45.3 Å². The highest BCUT2D eigenvalue weighted by atomic mass is 127. The summed E-state index contributed by atoms with van der Waals surface area (Å²) in [7, 11) is 0. The molecule has 2 aromatic carbocycles.